The van der Waals surface area contributed by atoms with Gasteiger partial charge in [-0.05, 0) is 36.6 Å². The molecule has 0 radical (unpaired) electrons. The van der Waals surface area contributed by atoms with E-state index in [0.717, 1.165) is 22.4 Å². The Morgan fingerprint density at radius 1 is 1.06 bits per heavy atom. The Hall–Kier alpha value is -3.67. The van der Waals surface area contributed by atoms with E-state index in [2.05, 4.69) is 5.10 Å². The summed E-state index contributed by atoms with van der Waals surface area (Å²) in [5.74, 6) is -0.139. The lowest BCUT2D eigenvalue weighted by Gasteiger charge is -2.19. The fourth-order valence-electron chi connectivity index (χ4n) is 3.53. The average Bonchev–Trinajstić information content (AvgIpc) is 3.47. The average molecular weight is 416 g/mol. The van der Waals surface area contributed by atoms with Gasteiger partial charge in [-0.25, -0.2) is 5.01 Å². The summed E-state index contributed by atoms with van der Waals surface area (Å²) in [4.78, 5) is 25.0. The first-order valence-electron chi connectivity index (χ1n) is 10.3. The van der Waals surface area contributed by atoms with Crippen molar-refractivity contribution in [2.75, 3.05) is 6.61 Å². The van der Waals surface area contributed by atoms with Crippen LogP contribution >= 0.6 is 0 Å². The summed E-state index contributed by atoms with van der Waals surface area (Å²) >= 11 is 0. The van der Waals surface area contributed by atoms with Gasteiger partial charge in [0, 0.05) is 12.8 Å². The standard InChI is InChI=1S/C25H24N2O4/c1-18-9-12-20(13-10-18)21-16-22(23-8-5-15-30-23)27(26-21)24(28)17-31-25(29)14-11-19-6-3-2-4-7-19/h2-10,12-13,15,22H,11,14,16-17H2,1H3/t22-/m1/s1. The first kappa shape index (κ1) is 20.6. The van der Waals surface area contributed by atoms with Gasteiger partial charge in [-0.15, -0.1) is 0 Å². The number of carbonyl (C=O) groups excluding carboxylic acids is 2. The van der Waals surface area contributed by atoms with Crippen LogP contribution in [0.15, 0.2) is 82.5 Å². The summed E-state index contributed by atoms with van der Waals surface area (Å²) < 4.78 is 10.8. The van der Waals surface area contributed by atoms with Crippen LogP contribution in [0.3, 0.4) is 0 Å². The Labute approximate surface area is 181 Å². The quantitative estimate of drug-likeness (QED) is 0.534. The van der Waals surface area contributed by atoms with Crippen LogP contribution in [-0.2, 0) is 20.7 Å². The third kappa shape index (κ3) is 5.09. The highest BCUT2D eigenvalue weighted by molar-refractivity contribution is 6.03. The van der Waals surface area contributed by atoms with Gasteiger partial charge in [0.2, 0.25) is 0 Å². The summed E-state index contributed by atoms with van der Waals surface area (Å²) in [6.07, 6.45) is 2.90. The highest BCUT2D eigenvalue weighted by Gasteiger charge is 2.35. The van der Waals surface area contributed by atoms with Crippen LogP contribution in [-0.4, -0.2) is 29.2 Å². The summed E-state index contributed by atoms with van der Waals surface area (Å²) in [5, 5.41) is 5.92. The van der Waals surface area contributed by atoms with Crippen LogP contribution in [0.1, 0.15) is 41.3 Å². The van der Waals surface area contributed by atoms with E-state index in [1.165, 1.54) is 5.01 Å². The molecule has 31 heavy (non-hydrogen) atoms. The molecule has 0 N–H and O–H groups in total. The molecule has 0 bridgehead atoms. The lowest BCUT2D eigenvalue weighted by atomic mass is 10.0. The molecule has 2 heterocycles. The smallest absolute Gasteiger partial charge is 0.306 e. The van der Waals surface area contributed by atoms with Crippen LogP contribution < -0.4 is 0 Å². The molecule has 6 heteroatoms. The monoisotopic (exact) mass is 416 g/mol. The molecule has 0 fully saturated rings. The van der Waals surface area contributed by atoms with Crippen molar-refractivity contribution in [2.45, 2.75) is 32.2 Å². The Kier molecular flexibility index (Phi) is 6.26. The molecule has 0 spiro atoms. The molecule has 158 valence electrons. The van der Waals surface area contributed by atoms with Gasteiger partial charge < -0.3 is 9.15 Å². The third-order valence-electron chi connectivity index (χ3n) is 5.24. The zero-order chi connectivity index (χ0) is 21.6. The number of aryl methyl sites for hydroxylation is 2. The predicted octanol–water partition coefficient (Wildman–Crippen LogP) is 4.44. The van der Waals surface area contributed by atoms with Crippen molar-refractivity contribution in [1.82, 2.24) is 5.01 Å². The molecule has 3 aromatic rings. The van der Waals surface area contributed by atoms with Gasteiger partial charge in [-0.3, -0.25) is 9.59 Å². The van der Waals surface area contributed by atoms with Crippen molar-refractivity contribution >= 4 is 17.6 Å². The lowest BCUT2D eigenvalue weighted by molar-refractivity contribution is -0.152. The van der Waals surface area contributed by atoms with Crippen molar-refractivity contribution in [3.63, 3.8) is 0 Å². The first-order chi connectivity index (χ1) is 15.1. The molecular weight excluding hydrogens is 392 g/mol. The van der Waals surface area contributed by atoms with E-state index in [4.69, 9.17) is 9.15 Å². The van der Waals surface area contributed by atoms with Crippen molar-refractivity contribution in [3.05, 3.63) is 95.4 Å². The van der Waals surface area contributed by atoms with E-state index in [1.807, 2.05) is 67.6 Å². The van der Waals surface area contributed by atoms with Gasteiger partial charge in [0.15, 0.2) is 6.61 Å². The van der Waals surface area contributed by atoms with Gasteiger partial charge >= 0.3 is 5.97 Å². The van der Waals surface area contributed by atoms with Crippen molar-refractivity contribution in [1.29, 1.82) is 0 Å². The van der Waals surface area contributed by atoms with Crippen LogP contribution in [0.4, 0.5) is 0 Å². The van der Waals surface area contributed by atoms with Gasteiger partial charge in [0.05, 0.1) is 12.0 Å². The number of benzene rings is 2. The number of rotatable bonds is 7. The zero-order valence-electron chi connectivity index (χ0n) is 17.4. The van der Waals surface area contributed by atoms with Crippen LogP contribution in [0, 0.1) is 6.92 Å². The maximum Gasteiger partial charge on any atom is 0.306 e. The number of amides is 1. The largest absolute Gasteiger partial charge is 0.467 e. The minimum Gasteiger partial charge on any atom is -0.467 e. The SMILES string of the molecule is Cc1ccc(C2=NN(C(=O)COC(=O)CCc3ccccc3)[C@@H](c3ccco3)C2)cc1. The molecule has 0 unspecified atom stereocenters. The fourth-order valence-corrected chi connectivity index (χ4v) is 3.53. The Bertz CT molecular complexity index is 1060. The van der Waals surface area contributed by atoms with E-state index in [0.29, 0.717) is 18.6 Å². The summed E-state index contributed by atoms with van der Waals surface area (Å²) in [6.45, 7) is 1.67. The molecule has 0 saturated heterocycles. The number of esters is 1. The molecule has 1 aliphatic heterocycles. The van der Waals surface area contributed by atoms with Crippen LogP contribution in [0.5, 0.6) is 0 Å². The highest BCUT2D eigenvalue weighted by Crippen LogP contribution is 2.33. The topological polar surface area (TPSA) is 72.1 Å². The maximum atomic E-state index is 12.9. The number of hydrazone groups is 1. The Morgan fingerprint density at radius 2 is 1.84 bits per heavy atom. The number of carbonyl (C=O) groups is 2. The first-order valence-corrected chi connectivity index (χ1v) is 10.3. The molecule has 1 atom stereocenters. The van der Waals surface area contributed by atoms with Crippen molar-refractivity contribution < 1.29 is 18.7 Å². The van der Waals surface area contributed by atoms with E-state index in [-0.39, 0.29) is 25.0 Å². The molecule has 6 nitrogen and oxygen atoms in total. The van der Waals surface area contributed by atoms with Crippen molar-refractivity contribution in [3.8, 4) is 0 Å². The second kappa shape index (κ2) is 9.43. The summed E-state index contributed by atoms with van der Waals surface area (Å²) in [5.41, 5.74) is 3.96. The molecule has 0 aliphatic carbocycles. The second-order valence-corrected chi connectivity index (χ2v) is 7.53. The molecule has 1 aliphatic rings. The second-order valence-electron chi connectivity index (χ2n) is 7.53. The van der Waals surface area contributed by atoms with E-state index in [9.17, 15) is 9.59 Å². The number of furan rings is 1. The third-order valence-corrected chi connectivity index (χ3v) is 5.24. The molecule has 2 aromatic carbocycles. The molecule has 4 rings (SSSR count). The normalized spacial score (nSPS) is 15.6. The fraction of sp³-hybridized carbons (Fsp3) is 0.240. The summed E-state index contributed by atoms with van der Waals surface area (Å²) in [7, 11) is 0. The van der Waals surface area contributed by atoms with E-state index >= 15 is 0 Å². The number of ether oxygens (including phenoxy) is 1. The van der Waals surface area contributed by atoms with Gasteiger partial charge in [-0.1, -0.05) is 60.2 Å². The predicted molar refractivity (Wildman–Crippen MR) is 116 cm³/mol. The Balaban J connectivity index is 1.41. The molecular formula is C25H24N2O4. The number of hydrogen-bond acceptors (Lipinski definition) is 5. The van der Waals surface area contributed by atoms with Gasteiger partial charge in [-0.2, -0.15) is 5.10 Å². The number of nitrogens with zero attached hydrogens (tertiary/aromatic N) is 2. The van der Waals surface area contributed by atoms with E-state index < -0.39 is 5.97 Å². The maximum absolute atomic E-state index is 12.9. The molecule has 1 aromatic heterocycles. The van der Waals surface area contributed by atoms with Crippen LogP contribution in [0.2, 0.25) is 0 Å². The van der Waals surface area contributed by atoms with Gasteiger partial charge in [0.25, 0.3) is 5.91 Å². The molecule has 0 saturated carbocycles. The zero-order valence-corrected chi connectivity index (χ0v) is 17.4. The van der Waals surface area contributed by atoms with Gasteiger partial charge in [0.1, 0.15) is 11.8 Å². The molecule has 1 amide bonds. The minimum absolute atomic E-state index is 0.219. The Morgan fingerprint density at radius 3 is 2.55 bits per heavy atom. The summed E-state index contributed by atoms with van der Waals surface area (Å²) in [6, 6.07) is 20.9. The van der Waals surface area contributed by atoms with Crippen molar-refractivity contribution in [2.24, 2.45) is 5.10 Å². The number of hydrogen-bond donors (Lipinski definition) is 0. The lowest BCUT2D eigenvalue weighted by Crippen LogP contribution is -2.31. The van der Waals surface area contributed by atoms with E-state index in [1.54, 1.807) is 12.3 Å². The van der Waals surface area contributed by atoms with Crippen LogP contribution in [0.25, 0.3) is 0 Å². The minimum atomic E-state index is -0.409. The highest BCUT2D eigenvalue weighted by atomic mass is 16.5.